The summed E-state index contributed by atoms with van der Waals surface area (Å²) in [5.41, 5.74) is 5.16. The lowest BCUT2D eigenvalue weighted by Gasteiger charge is -2.32. The van der Waals surface area contributed by atoms with E-state index in [9.17, 15) is 9.59 Å². The Kier molecular flexibility index (Phi) is 3.19. The van der Waals surface area contributed by atoms with Gasteiger partial charge in [0.15, 0.2) is 0 Å². The number of carbonyl (C=O) groups is 2. The van der Waals surface area contributed by atoms with Crippen molar-refractivity contribution < 1.29 is 14.0 Å². The maximum Gasteiger partial charge on any atom is 0.201 e. The summed E-state index contributed by atoms with van der Waals surface area (Å²) in [6, 6.07) is 12.6. The molecule has 6 heteroatoms. The largest absolute Gasteiger partial charge is 0.471 e. The standard InChI is InChI=1S/C26H16N2O3S/c1-26(2)19-7-3-5-14-15-6-4-8-27-24(15)28(21(14)19)25-20(26)10-13(32-25)9-16-22(29)17-11-31-12-18(17)23(16)30/h3-12H,1-2H3. The third kappa shape index (κ3) is 2.01. The van der Waals surface area contributed by atoms with Gasteiger partial charge in [0.25, 0.3) is 0 Å². The second kappa shape index (κ2) is 5.72. The second-order valence-corrected chi connectivity index (χ2v) is 9.88. The summed E-state index contributed by atoms with van der Waals surface area (Å²) in [6.07, 6.45) is 6.25. The maximum atomic E-state index is 12.7. The van der Waals surface area contributed by atoms with Crippen LogP contribution in [0.2, 0.25) is 0 Å². The lowest BCUT2D eigenvalue weighted by Crippen LogP contribution is -2.24. The Bertz CT molecular complexity index is 1660. The highest BCUT2D eigenvalue weighted by Gasteiger charge is 2.38. The Morgan fingerprint density at radius 3 is 2.53 bits per heavy atom. The summed E-state index contributed by atoms with van der Waals surface area (Å²) in [5.74, 6) is -0.550. The lowest BCUT2D eigenvalue weighted by molar-refractivity contribution is 0.0988. The molecule has 4 aromatic heterocycles. The molecule has 5 aromatic rings. The van der Waals surface area contributed by atoms with Gasteiger partial charge in [-0.05, 0) is 35.4 Å². The molecule has 0 fully saturated rings. The molecule has 32 heavy (non-hydrogen) atoms. The van der Waals surface area contributed by atoms with Crippen LogP contribution in [0.3, 0.4) is 0 Å². The topological polar surface area (TPSA) is 65.1 Å². The molecule has 1 aliphatic heterocycles. The van der Waals surface area contributed by atoms with Crippen LogP contribution in [0.25, 0.3) is 33.0 Å². The zero-order valence-corrected chi connectivity index (χ0v) is 18.1. The van der Waals surface area contributed by atoms with Crippen molar-refractivity contribution in [1.29, 1.82) is 0 Å². The molecule has 0 unspecified atom stereocenters. The van der Waals surface area contributed by atoms with E-state index >= 15 is 0 Å². The van der Waals surface area contributed by atoms with Gasteiger partial charge in [0.05, 0.1) is 22.2 Å². The molecular weight excluding hydrogens is 420 g/mol. The van der Waals surface area contributed by atoms with Gasteiger partial charge in [0, 0.05) is 27.3 Å². The Hall–Kier alpha value is -3.77. The normalized spacial score (nSPS) is 16.1. The molecule has 154 valence electrons. The number of thiophene rings is 1. The SMILES string of the molecule is CC1(C)c2cc(C=C3C(=O)c4cocc4C3=O)sc2-n2c3ncccc3c3cccc1c32. The van der Waals surface area contributed by atoms with Gasteiger partial charge in [-0.3, -0.25) is 14.2 Å². The monoisotopic (exact) mass is 436 g/mol. The molecule has 1 aliphatic carbocycles. The minimum Gasteiger partial charge on any atom is -0.471 e. The van der Waals surface area contributed by atoms with E-state index in [1.165, 1.54) is 29.0 Å². The van der Waals surface area contributed by atoms with Crippen molar-refractivity contribution in [2.24, 2.45) is 0 Å². The fraction of sp³-hybridized carbons (Fsp3) is 0.115. The van der Waals surface area contributed by atoms with Crippen LogP contribution in [0.4, 0.5) is 0 Å². The Labute approximate surface area is 186 Å². The van der Waals surface area contributed by atoms with Crippen molar-refractivity contribution in [2.45, 2.75) is 19.3 Å². The molecule has 0 atom stereocenters. The molecule has 0 bridgehead atoms. The highest BCUT2D eigenvalue weighted by atomic mass is 32.1. The molecule has 0 N–H and O–H groups in total. The Balaban J connectivity index is 1.51. The summed E-state index contributed by atoms with van der Waals surface area (Å²) >= 11 is 1.58. The van der Waals surface area contributed by atoms with E-state index in [1.54, 1.807) is 17.4 Å². The fourth-order valence-electron chi connectivity index (χ4n) is 5.14. The molecule has 0 saturated carbocycles. The molecule has 1 aromatic carbocycles. The predicted molar refractivity (Wildman–Crippen MR) is 124 cm³/mol. The number of carbonyl (C=O) groups excluding carboxylic acids is 2. The predicted octanol–water partition coefficient (Wildman–Crippen LogP) is 5.94. The number of fused-ring (bicyclic) bond motifs is 6. The molecule has 0 amide bonds. The third-order valence-electron chi connectivity index (χ3n) is 6.76. The maximum absolute atomic E-state index is 12.7. The highest BCUT2D eigenvalue weighted by Crippen LogP contribution is 2.50. The Morgan fingerprint density at radius 2 is 1.75 bits per heavy atom. The third-order valence-corrected chi connectivity index (χ3v) is 7.82. The number of benzene rings is 1. The van der Waals surface area contributed by atoms with Crippen LogP contribution in [0.5, 0.6) is 0 Å². The van der Waals surface area contributed by atoms with E-state index in [0.29, 0.717) is 11.1 Å². The molecule has 5 heterocycles. The van der Waals surface area contributed by atoms with Crippen molar-refractivity contribution in [2.75, 3.05) is 0 Å². The molecular formula is C26H16N2O3S. The first-order valence-corrected chi connectivity index (χ1v) is 11.2. The van der Waals surface area contributed by atoms with Gasteiger partial charge in [-0.25, -0.2) is 4.98 Å². The van der Waals surface area contributed by atoms with Crippen molar-refractivity contribution in [3.63, 3.8) is 0 Å². The van der Waals surface area contributed by atoms with Crippen LogP contribution >= 0.6 is 11.3 Å². The van der Waals surface area contributed by atoms with Gasteiger partial charge in [0.1, 0.15) is 23.2 Å². The number of pyridine rings is 1. The fourth-order valence-corrected chi connectivity index (χ4v) is 6.41. The summed E-state index contributed by atoms with van der Waals surface area (Å²) in [5, 5.41) is 3.39. The number of nitrogens with zero attached hydrogens (tertiary/aromatic N) is 2. The van der Waals surface area contributed by atoms with E-state index in [1.807, 2.05) is 12.3 Å². The van der Waals surface area contributed by atoms with Crippen LogP contribution in [-0.4, -0.2) is 21.1 Å². The van der Waals surface area contributed by atoms with Gasteiger partial charge in [0.2, 0.25) is 11.6 Å². The second-order valence-electron chi connectivity index (χ2n) is 8.82. The van der Waals surface area contributed by atoms with E-state index in [0.717, 1.165) is 26.5 Å². The molecule has 0 saturated heterocycles. The number of hydrogen-bond acceptors (Lipinski definition) is 5. The van der Waals surface area contributed by atoms with E-state index in [2.05, 4.69) is 48.7 Å². The van der Waals surface area contributed by atoms with E-state index in [4.69, 9.17) is 9.40 Å². The average Bonchev–Trinajstić information content (AvgIpc) is 3.54. The number of allylic oxidation sites excluding steroid dienone is 1. The molecule has 5 nitrogen and oxygen atoms in total. The van der Waals surface area contributed by atoms with Crippen LogP contribution < -0.4 is 0 Å². The number of hydrogen-bond donors (Lipinski definition) is 0. The number of aromatic nitrogens is 2. The summed E-state index contributed by atoms with van der Waals surface area (Å²) in [7, 11) is 0. The molecule has 0 spiro atoms. The Morgan fingerprint density at radius 1 is 1.00 bits per heavy atom. The van der Waals surface area contributed by atoms with Crippen LogP contribution in [0.1, 0.15) is 50.6 Å². The highest BCUT2D eigenvalue weighted by molar-refractivity contribution is 7.15. The molecule has 2 aliphatic rings. The smallest absolute Gasteiger partial charge is 0.201 e. The van der Waals surface area contributed by atoms with Crippen LogP contribution in [0.15, 0.2) is 65.1 Å². The van der Waals surface area contributed by atoms with Crippen LogP contribution in [0, 0.1) is 0 Å². The number of Topliss-reactive ketones (excluding diaryl/α,β-unsaturated/α-hetero) is 2. The minimum atomic E-state index is -0.275. The zero-order valence-electron chi connectivity index (χ0n) is 17.3. The zero-order chi connectivity index (χ0) is 21.8. The van der Waals surface area contributed by atoms with Gasteiger partial charge < -0.3 is 4.42 Å². The first-order valence-electron chi connectivity index (χ1n) is 10.4. The van der Waals surface area contributed by atoms with Crippen molar-refractivity contribution >= 4 is 50.9 Å². The van der Waals surface area contributed by atoms with Crippen molar-refractivity contribution in [1.82, 2.24) is 9.55 Å². The molecule has 0 radical (unpaired) electrons. The van der Waals surface area contributed by atoms with Crippen LogP contribution in [-0.2, 0) is 5.41 Å². The number of furan rings is 1. The lowest BCUT2D eigenvalue weighted by atomic mass is 9.76. The van der Waals surface area contributed by atoms with Gasteiger partial charge in [-0.1, -0.05) is 32.0 Å². The number of rotatable bonds is 1. The summed E-state index contributed by atoms with van der Waals surface area (Å²) in [4.78, 5) is 31.1. The van der Waals surface area contributed by atoms with E-state index < -0.39 is 0 Å². The first kappa shape index (κ1) is 17.9. The quantitative estimate of drug-likeness (QED) is 0.241. The first-order chi connectivity index (χ1) is 15.5. The summed E-state index contributed by atoms with van der Waals surface area (Å²) < 4.78 is 7.28. The minimum absolute atomic E-state index is 0.195. The van der Waals surface area contributed by atoms with Crippen molar-refractivity contribution in [3.8, 4) is 5.00 Å². The summed E-state index contributed by atoms with van der Waals surface area (Å²) in [6.45, 7) is 4.45. The average molecular weight is 436 g/mol. The number of para-hydroxylation sites is 1. The van der Waals surface area contributed by atoms with Crippen molar-refractivity contribution in [3.05, 3.63) is 87.8 Å². The molecule has 7 rings (SSSR count). The van der Waals surface area contributed by atoms with E-state index in [-0.39, 0.29) is 22.6 Å². The van der Waals surface area contributed by atoms with Gasteiger partial charge in [-0.15, -0.1) is 11.3 Å². The number of ketones is 2. The van der Waals surface area contributed by atoms with Gasteiger partial charge in [-0.2, -0.15) is 0 Å². The van der Waals surface area contributed by atoms with Gasteiger partial charge >= 0.3 is 0 Å².